The van der Waals surface area contributed by atoms with Gasteiger partial charge in [0, 0.05) is 10.5 Å². The Bertz CT molecular complexity index is 696. The van der Waals surface area contributed by atoms with Crippen LogP contribution in [0.3, 0.4) is 0 Å². The topological polar surface area (TPSA) is 99.0 Å². The number of carbonyl (C=O) groups is 2. The molecule has 1 aromatic rings. The van der Waals surface area contributed by atoms with Crippen molar-refractivity contribution < 1.29 is 24.0 Å². The van der Waals surface area contributed by atoms with Crippen molar-refractivity contribution in [2.75, 3.05) is 12.0 Å². The Morgan fingerprint density at radius 1 is 1.20 bits per heavy atom. The van der Waals surface area contributed by atoms with E-state index in [0.717, 1.165) is 4.90 Å². The molecule has 9 heteroatoms. The SMILES string of the molecule is COC(=O)C(C)(C)N(C(=O)OC(C)(C)C)c1cc(Br)ccc1[N+](=O)[O-]. The number of methoxy groups -OCH3 is 1. The molecule has 0 spiro atoms. The van der Waals surface area contributed by atoms with Crippen molar-refractivity contribution in [3.05, 3.63) is 32.8 Å². The average Bonchev–Trinajstić information content (AvgIpc) is 2.43. The molecule has 0 unspecified atom stereocenters. The summed E-state index contributed by atoms with van der Waals surface area (Å²) < 4.78 is 10.6. The van der Waals surface area contributed by atoms with E-state index in [1.54, 1.807) is 20.8 Å². The van der Waals surface area contributed by atoms with Gasteiger partial charge in [-0.25, -0.2) is 9.59 Å². The molecule has 138 valence electrons. The zero-order valence-electron chi connectivity index (χ0n) is 15.0. The first kappa shape index (κ1) is 20.9. The number of halogens is 1. The first-order valence-corrected chi connectivity index (χ1v) is 8.16. The van der Waals surface area contributed by atoms with Gasteiger partial charge in [-0.3, -0.25) is 15.0 Å². The summed E-state index contributed by atoms with van der Waals surface area (Å²) in [5.41, 5.74) is -2.82. The maximum atomic E-state index is 12.8. The Labute approximate surface area is 154 Å². The van der Waals surface area contributed by atoms with Crippen LogP contribution in [0.5, 0.6) is 0 Å². The predicted molar refractivity (Wildman–Crippen MR) is 95.6 cm³/mol. The number of anilines is 1. The molecule has 0 aliphatic rings. The van der Waals surface area contributed by atoms with E-state index in [4.69, 9.17) is 9.47 Å². The van der Waals surface area contributed by atoms with Crippen molar-refractivity contribution in [2.45, 2.75) is 45.8 Å². The zero-order valence-corrected chi connectivity index (χ0v) is 16.5. The fraction of sp³-hybridized carbons (Fsp3) is 0.500. The molecule has 1 amide bonds. The van der Waals surface area contributed by atoms with E-state index in [0.29, 0.717) is 4.47 Å². The summed E-state index contributed by atoms with van der Waals surface area (Å²) in [5, 5.41) is 11.4. The van der Waals surface area contributed by atoms with Crippen molar-refractivity contribution in [3.8, 4) is 0 Å². The summed E-state index contributed by atoms with van der Waals surface area (Å²) >= 11 is 3.23. The number of rotatable bonds is 4. The number of nitro groups is 1. The normalized spacial score (nSPS) is 11.6. The zero-order chi connectivity index (χ0) is 19.6. The second-order valence-corrected chi connectivity index (χ2v) is 7.67. The summed E-state index contributed by atoms with van der Waals surface area (Å²) in [6, 6.07) is 4.09. The Balaban J connectivity index is 3.63. The number of nitrogens with zero attached hydrogens (tertiary/aromatic N) is 2. The molecule has 1 aromatic carbocycles. The quantitative estimate of drug-likeness (QED) is 0.416. The van der Waals surface area contributed by atoms with Gasteiger partial charge >= 0.3 is 12.1 Å². The van der Waals surface area contributed by atoms with E-state index >= 15 is 0 Å². The molecule has 1 rings (SSSR count). The second kappa shape index (κ2) is 7.38. The Morgan fingerprint density at radius 2 is 1.76 bits per heavy atom. The largest absolute Gasteiger partial charge is 0.467 e. The monoisotopic (exact) mass is 416 g/mol. The summed E-state index contributed by atoms with van der Waals surface area (Å²) in [4.78, 5) is 36.7. The van der Waals surface area contributed by atoms with Crippen molar-refractivity contribution >= 4 is 39.4 Å². The minimum absolute atomic E-state index is 0.0796. The molecule has 0 aliphatic carbocycles. The van der Waals surface area contributed by atoms with E-state index in [-0.39, 0.29) is 11.4 Å². The average molecular weight is 417 g/mol. The predicted octanol–water partition coefficient (Wildman–Crippen LogP) is 4.05. The van der Waals surface area contributed by atoms with E-state index in [2.05, 4.69) is 15.9 Å². The van der Waals surface area contributed by atoms with Gasteiger partial charge in [0.05, 0.1) is 12.0 Å². The van der Waals surface area contributed by atoms with Gasteiger partial charge < -0.3 is 9.47 Å². The molecule has 0 fully saturated rings. The van der Waals surface area contributed by atoms with Crippen LogP contribution in [-0.2, 0) is 14.3 Å². The molecule has 8 nitrogen and oxygen atoms in total. The van der Waals surface area contributed by atoms with Crippen LogP contribution in [0, 0.1) is 10.1 Å². The third-order valence-electron chi connectivity index (χ3n) is 3.20. The lowest BCUT2D eigenvalue weighted by molar-refractivity contribution is -0.384. The molecule has 0 N–H and O–H groups in total. The van der Waals surface area contributed by atoms with E-state index < -0.39 is 28.1 Å². The molecule has 0 heterocycles. The van der Waals surface area contributed by atoms with Crippen molar-refractivity contribution in [2.24, 2.45) is 0 Å². The van der Waals surface area contributed by atoms with Crippen LogP contribution in [0.2, 0.25) is 0 Å². The van der Waals surface area contributed by atoms with Gasteiger partial charge in [-0.1, -0.05) is 15.9 Å². The summed E-state index contributed by atoms with van der Waals surface area (Å²) in [7, 11) is 1.17. The molecule has 0 aliphatic heterocycles. The van der Waals surface area contributed by atoms with Crippen molar-refractivity contribution in [3.63, 3.8) is 0 Å². The fourth-order valence-electron chi connectivity index (χ4n) is 2.11. The Hall–Kier alpha value is -2.16. The number of hydrogen-bond donors (Lipinski definition) is 0. The van der Waals surface area contributed by atoms with Gasteiger partial charge in [-0.15, -0.1) is 0 Å². The highest BCUT2D eigenvalue weighted by atomic mass is 79.9. The lowest BCUT2D eigenvalue weighted by Crippen LogP contribution is -2.55. The summed E-state index contributed by atoms with van der Waals surface area (Å²) in [6.45, 7) is 7.82. The van der Waals surface area contributed by atoms with Gasteiger partial charge in [0.25, 0.3) is 5.69 Å². The van der Waals surface area contributed by atoms with E-state index in [9.17, 15) is 19.7 Å². The van der Waals surface area contributed by atoms with Crippen molar-refractivity contribution in [1.29, 1.82) is 0 Å². The van der Waals surface area contributed by atoms with Gasteiger partial charge in [-0.05, 0) is 46.8 Å². The molecule has 0 atom stereocenters. The van der Waals surface area contributed by atoms with Crippen LogP contribution >= 0.6 is 15.9 Å². The van der Waals surface area contributed by atoms with Crippen LogP contribution < -0.4 is 4.90 Å². The molecule has 0 aromatic heterocycles. The van der Waals surface area contributed by atoms with Crippen LogP contribution in [0.1, 0.15) is 34.6 Å². The van der Waals surface area contributed by atoms with Crippen LogP contribution in [0.25, 0.3) is 0 Å². The van der Waals surface area contributed by atoms with Gasteiger partial charge in [0.15, 0.2) is 0 Å². The summed E-state index contributed by atoms with van der Waals surface area (Å²) in [5.74, 6) is -0.743. The van der Waals surface area contributed by atoms with Crippen molar-refractivity contribution in [1.82, 2.24) is 0 Å². The lowest BCUT2D eigenvalue weighted by atomic mass is 10.0. The number of ether oxygens (including phenoxy) is 2. The first-order valence-electron chi connectivity index (χ1n) is 7.37. The number of benzene rings is 1. The number of carbonyl (C=O) groups excluding carboxylic acids is 2. The van der Waals surface area contributed by atoms with Crippen LogP contribution in [0.15, 0.2) is 22.7 Å². The maximum Gasteiger partial charge on any atom is 0.416 e. The fourth-order valence-corrected chi connectivity index (χ4v) is 2.46. The first-order chi connectivity index (χ1) is 11.3. The van der Waals surface area contributed by atoms with Gasteiger partial charge in [0.1, 0.15) is 16.8 Å². The maximum absolute atomic E-state index is 12.8. The number of nitro benzene ring substituents is 1. The number of hydrogen-bond acceptors (Lipinski definition) is 6. The highest BCUT2D eigenvalue weighted by Crippen LogP contribution is 2.37. The van der Waals surface area contributed by atoms with Crippen LogP contribution in [0.4, 0.5) is 16.2 Å². The third-order valence-corrected chi connectivity index (χ3v) is 3.69. The third kappa shape index (κ3) is 4.91. The molecule has 0 radical (unpaired) electrons. The number of esters is 1. The molecule has 25 heavy (non-hydrogen) atoms. The Morgan fingerprint density at radius 3 is 2.20 bits per heavy atom. The molecular weight excluding hydrogens is 396 g/mol. The summed E-state index contributed by atoms with van der Waals surface area (Å²) in [6.07, 6.45) is -0.899. The minimum atomic E-state index is -1.54. The highest BCUT2D eigenvalue weighted by molar-refractivity contribution is 9.10. The van der Waals surface area contributed by atoms with Gasteiger partial charge in [0.2, 0.25) is 0 Å². The number of amides is 1. The standard InChI is InChI=1S/C16H21BrN2O6/c1-15(2,3)25-14(21)18(16(4,5)13(20)24-6)12-9-10(17)7-8-11(12)19(22)23/h7-9H,1-6H3. The van der Waals surface area contributed by atoms with Gasteiger partial charge in [-0.2, -0.15) is 0 Å². The molecular formula is C16H21BrN2O6. The molecule has 0 saturated heterocycles. The Kier molecular flexibility index (Phi) is 6.17. The smallest absolute Gasteiger partial charge is 0.416 e. The molecule has 0 saturated carbocycles. The van der Waals surface area contributed by atoms with E-state index in [1.807, 2.05) is 0 Å². The second-order valence-electron chi connectivity index (χ2n) is 6.76. The minimum Gasteiger partial charge on any atom is -0.467 e. The lowest BCUT2D eigenvalue weighted by Gasteiger charge is -2.36. The molecule has 0 bridgehead atoms. The van der Waals surface area contributed by atoms with Crippen LogP contribution in [-0.4, -0.2) is 35.2 Å². The van der Waals surface area contributed by atoms with E-state index in [1.165, 1.54) is 39.2 Å². The highest BCUT2D eigenvalue weighted by Gasteiger charge is 2.44.